The molecule has 1 aliphatic heterocycles. The van der Waals surface area contributed by atoms with Gasteiger partial charge in [0, 0.05) is 24.7 Å². The number of carbonyl (C=O) groups excluding carboxylic acids is 2. The summed E-state index contributed by atoms with van der Waals surface area (Å²) in [6.07, 6.45) is 2.63. The maximum absolute atomic E-state index is 12.3. The lowest BCUT2D eigenvalue weighted by Gasteiger charge is -2.31. The fourth-order valence-electron chi connectivity index (χ4n) is 2.82. The van der Waals surface area contributed by atoms with Crippen LogP contribution < -0.4 is 5.32 Å². The number of nitrogens with zero attached hydrogens (tertiary/aromatic N) is 5. The van der Waals surface area contributed by atoms with E-state index < -0.39 is 0 Å². The molecule has 128 valence electrons. The van der Waals surface area contributed by atoms with Crippen LogP contribution in [0.4, 0.5) is 5.69 Å². The molecule has 1 fully saturated rings. The summed E-state index contributed by atoms with van der Waals surface area (Å²) in [6.45, 7) is 1.12. The Bertz CT molecular complexity index is 787. The van der Waals surface area contributed by atoms with Crippen molar-refractivity contribution >= 4 is 17.5 Å². The normalized spacial score (nSPS) is 14.8. The number of para-hydroxylation sites is 1. The van der Waals surface area contributed by atoms with Crippen LogP contribution >= 0.6 is 0 Å². The second-order valence-corrected chi connectivity index (χ2v) is 5.89. The second kappa shape index (κ2) is 7.57. The summed E-state index contributed by atoms with van der Waals surface area (Å²) in [7, 11) is 0. The van der Waals surface area contributed by atoms with E-state index in [1.807, 2.05) is 36.4 Å². The van der Waals surface area contributed by atoms with E-state index in [1.54, 1.807) is 4.90 Å². The number of hydrogen-bond donors (Lipinski definition) is 1. The standard InChI is InChI=1S/C17H18N6O2/c18-10-15-19-12-23(21-15)11-16(24)22-8-6-13(7-9-22)17(25)20-14-4-2-1-3-5-14/h1-5,12-13H,6-9,11H2,(H,20,25). The number of piperidine rings is 1. The van der Waals surface area contributed by atoms with E-state index in [-0.39, 0.29) is 30.1 Å². The molecule has 0 unspecified atom stereocenters. The first-order chi connectivity index (χ1) is 12.2. The molecular formula is C17H18N6O2. The molecule has 0 radical (unpaired) electrons. The van der Waals surface area contributed by atoms with Crippen molar-refractivity contribution < 1.29 is 9.59 Å². The Morgan fingerprint density at radius 2 is 1.96 bits per heavy atom. The number of nitriles is 1. The Morgan fingerprint density at radius 1 is 1.24 bits per heavy atom. The summed E-state index contributed by atoms with van der Waals surface area (Å²) >= 11 is 0. The number of likely N-dealkylation sites (tertiary alicyclic amines) is 1. The lowest BCUT2D eigenvalue weighted by atomic mass is 9.95. The molecule has 0 atom stereocenters. The molecule has 8 nitrogen and oxygen atoms in total. The Balaban J connectivity index is 1.48. The van der Waals surface area contributed by atoms with Crippen molar-refractivity contribution in [3.63, 3.8) is 0 Å². The molecule has 1 aromatic carbocycles. The maximum atomic E-state index is 12.3. The van der Waals surface area contributed by atoms with Gasteiger partial charge in [0.15, 0.2) is 0 Å². The van der Waals surface area contributed by atoms with Crippen molar-refractivity contribution in [3.8, 4) is 6.07 Å². The third kappa shape index (κ3) is 4.20. The number of nitrogens with one attached hydrogen (secondary N) is 1. The van der Waals surface area contributed by atoms with Gasteiger partial charge in [-0.1, -0.05) is 18.2 Å². The predicted octanol–water partition coefficient (Wildman–Crippen LogP) is 1.03. The molecule has 1 saturated heterocycles. The number of carbonyl (C=O) groups is 2. The molecule has 1 aliphatic rings. The number of amides is 2. The number of hydrogen-bond acceptors (Lipinski definition) is 5. The van der Waals surface area contributed by atoms with Crippen molar-refractivity contribution in [2.45, 2.75) is 19.4 Å². The number of rotatable bonds is 4. The van der Waals surface area contributed by atoms with Crippen molar-refractivity contribution in [3.05, 3.63) is 42.5 Å². The lowest BCUT2D eigenvalue weighted by molar-refractivity contribution is -0.135. The van der Waals surface area contributed by atoms with Gasteiger partial charge in [0.25, 0.3) is 5.82 Å². The van der Waals surface area contributed by atoms with Gasteiger partial charge in [-0.05, 0) is 25.0 Å². The molecule has 2 heterocycles. The molecule has 2 aromatic rings. The molecule has 8 heteroatoms. The van der Waals surface area contributed by atoms with Gasteiger partial charge in [0.05, 0.1) is 0 Å². The predicted molar refractivity (Wildman–Crippen MR) is 89.1 cm³/mol. The van der Waals surface area contributed by atoms with E-state index in [0.717, 1.165) is 5.69 Å². The first-order valence-electron chi connectivity index (χ1n) is 8.09. The average molecular weight is 338 g/mol. The van der Waals surface area contributed by atoms with Gasteiger partial charge in [-0.3, -0.25) is 9.59 Å². The van der Waals surface area contributed by atoms with Gasteiger partial charge in [-0.15, -0.1) is 5.10 Å². The molecule has 1 aromatic heterocycles. The van der Waals surface area contributed by atoms with Crippen LogP contribution in [-0.4, -0.2) is 44.6 Å². The van der Waals surface area contributed by atoms with Gasteiger partial charge in [0.1, 0.15) is 18.9 Å². The number of benzene rings is 1. The van der Waals surface area contributed by atoms with Crippen molar-refractivity contribution in [2.24, 2.45) is 5.92 Å². The smallest absolute Gasteiger partial charge is 0.252 e. The highest BCUT2D eigenvalue weighted by Gasteiger charge is 2.27. The molecular weight excluding hydrogens is 320 g/mol. The van der Waals surface area contributed by atoms with Gasteiger partial charge < -0.3 is 10.2 Å². The van der Waals surface area contributed by atoms with E-state index in [9.17, 15) is 9.59 Å². The average Bonchev–Trinajstić information content (AvgIpc) is 3.10. The SMILES string of the molecule is N#Cc1ncn(CC(=O)N2CCC(C(=O)Nc3ccccc3)CC2)n1. The number of aromatic nitrogens is 3. The third-order valence-corrected chi connectivity index (χ3v) is 4.19. The highest BCUT2D eigenvalue weighted by Crippen LogP contribution is 2.19. The zero-order valence-electron chi connectivity index (χ0n) is 13.6. The Labute approximate surface area is 145 Å². The summed E-state index contributed by atoms with van der Waals surface area (Å²) in [6, 6.07) is 11.2. The van der Waals surface area contributed by atoms with E-state index in [1.165, 1.54) is 11.0 Å². The Hall–Kier alpha value is -3.21. The Morgan fingerprint density at radius 3 is 2.60 bits per heavy atom. The summed E-state index contributed by atoms with van der Waals surface area (Å²) < 4.78 is 1.36. The fraction of sp³-hybridized carbons (Fsp3) is 0.353. The summed E-state index contributed by atoms with van der Waals surface area (Å²) in [5.74, 6) is -0.144. The zero-order valence-corrected chi connectivity index (χ0v) is 13.6. The molecule has 0 bridgehead atoms. The molecule has 0 saturated carbocycles. The summed E-state index contributed by atoms with van der Waals surface area (Å²) in [5.41, 5.74) is 0.783. The molecule has 3 rings (SSSR count). The topological polar surface area (TPSA) is 104 Å². The van der Waals surface area contributed by atoms with Crippen LogP contribution in [0.3, 0.4) is 0 Å². The van der Waals surface area contributed by atoms with Crippen LogP contribution in [0.15, 0.2) is 36.7 Å². The van der Waals surface area contributed by atoms with Crippen LogP contribution in [-0.2, 0) is 16.1 Å². The summed E-state index contributed by atoms with van der Waals surface area (Å²) in [4.78, 5) is 30.1. The van der Waals surface area contributed by atoms with E-state index in [0.29, 0.717) is 25.9 Å². The highest BCUT2D eigenvalue weighted by atomic mass is 16.2. The first-order valence-corrected chi connectivity index (χ1v) is 8.09. The first kappa shape index (κ1) is 16.6. The maximum Gasteiger partial charge on any atom is 0.252 e. The van der Waals surface area contributed by atoms with Gasteiger partial charge >= 0.3 is 0 Å². The molecule has 1 N–H and O–H groups in total. The van der Waals surface area contributed by atoms with Gasteiger partial charge in [-0.2, -0.15) is 5.26 Å². The minimum atomic E-state index is -0.0965. The van der Waals surface area contributed by atoms with Crippen LogP contribution in [0.25, 0.3) is 0 Å². The van der Waals surface area contributed by atoms with Crippen LogP contribution in [0, 0.1) is 17.2 Å². The van der Waals surface area contributed by atoms with Gasteiger partial charge in [-0.25, -0.2) is 9.67 Å². The number of anilines is 1. The molecule has 0 spiro atoms. The van der Waals surface area contributed by atoms with Crippen molar-refractivity contribution in [1.82, 2.24) is 19.7 Å². The second-order valence-electron chi connectivity index (χ2n) is 5.89. The van der Waals surface area contributed by atoms with Gasteiger partial charge in [0.2, 0.25) is 11.8 Å². The molecule has 25 heavy (non-hydrogen) atoms. The quantitative estimate of drug-likeness (QED) is 0.896. The summed E-state index contributed by atoms with van der Waals surface area (Å²) in [5, 5.41) is 15.5. The fourth-order valence-corrected chi connectivity index (χ4v) is 2.82. The highest BCUT2D eigenvalue weighted by molar-refractivity contribution is 5.92. The van der Waals surface area contributed by atoms with Crippen molar-refractivity contribution in [2.75, 3.05) is 18.4 Å². The van der Waals surface area contributed by atoms with E-state index in [4.69, 9.17) is 5.26 Å². The van der Waals surface area contributed by atoms with Crippen LogP contribution in [0.1, 0.15) is 18.7 Å². The third-order valence-electron chi connectivity index (χ3n) is 4.19. The Kier molecular flexibility index (Phi) is 5.04. The molecule has 0 aliphatic carbocycles. The van der Waals surface area contributed by atoms with E-state index >= 15 is 0 Å². The zero-order chi connectivity index (χ0) is 17.6. The molecule has 2 amide bonds. The van der Waals surface area contributed by atoms with Crippen molar-refractivity contribution in [1.29, 1.82) is 5.26 Å². The minimum absolute atomic E-state index is 0.00626. The lowest BCUT2D eigenvalue weighted by Crippen LogP contribution is -2.42. The minimum Gasteiger partial charge on any atom is -0.341 e. The monoisotopic (exact) mass is 338 g/mol. The van der Waals surface area contributed by atoms with Crippen LogP contribution in [0.5, 0.6) is 0 Å². The van der Waals surface area contributed by atoms with Crippen LogP contribution in [0.2, 0.25) is 0 Å². The van der Waals surface area contributed by atoms with E-state index in [2.05, 4.69) is 15.4 Å². The largest absolute Gasteiger partial charge is 0.341 e.